The molecular formula is C23H23N3O2. The van der Waals surface area contributed by atoms with Crippen LogP contribution in [0, 0.1) is 31.1 Å². The summed E-state index contributed by atoms with van der Waals surface area (Å²) < 4.78 is 0. The molecule has 2 aromatic rings. The van der Waals surface area contributed by atoms with Gasteiger partial charge in [0.1, 0.15) is 11.6 Å². The summed E-state index contributed by atoms with van der Waals surface area (Å²) in [5.74, 6) is -0.622. The first-order chi connectivity index (χ1) is 13.3. The van der Waals surface area contributed by atoms with Gasteiger partial charge in [-0.25, -0.2) is 0 Å². The molecule has 0 fully saturated rings. The molecule has 142 valence electrons. The SMILES string of the molecule is Cc1ccc(NC(=O)C(C#N)=C2C(=O)N(CC(C)C)c3ccccc32)cc1C. The number of nitriles is 1. The third-order valence-corrected chi connectivity index (χ3v) is 4.82. The number of nitrogens with zero attached hydrogens (tertiary/aromatic N) is 2. The third kappa shape index (κ3) is 3.54. The minimum Gasteiger partial charge on any atom is -0.321 e. The molecule has 0 saturated heterocycles. The smallest absolute Gasteiger partial charge is 0.267 e. The van der Waals surface area contributed by atoms with Crippen molar-refractivity contribution in [3.05, 3.63) is 64.7 Å². The first-order valence-corrected chi connectivity index (χ1v) is 9.27. The van der Waals surface area contributed by atoms with Crippen molar-refractivity contribution in [2.75, 3.05) is 16.8 Å². The highest BCUT2D eigenvalue weighted by Crippen LogP contribution is 2.38. The summed E-state index contributed by atoms with van der Waals surface area (Å²) in [7, 11) is 0. The third-order valence-electron chi connectivity index (χ3n) is 4.82. The molecule has 0 saturated carbocycles. The van der Waals surface area contributed by atoms with E-state index in [-0.39, 0.29) is 23.0 Å². The van der Waals surface area contributed by atoms with E-state index in [1.165, 1.54) is 0 Å². The van der Waals surface area contributed by atoms with Crippen LogP contribution in [0.5, 0.6) is 0 Å². The number of fused-ring (bicyclic) bond motifs is 1. The number of hydrogen-bond donors (Lipinski definition) is 1. The molecule has 5 heteroatoms. The van der Waals surface area contributed by atoms with Crippen LogP contribution < -0.4 is 10.2 Å². The van der Waals surface area contributed by atoms with E-state index in [9.17, 15) is 14.9 Å². The Bertz CT molecular complexity index is 1030. The number of para-hydroxylation sites is 1. The van der Waals surface area contributed by atoms with Gasteiger partial charge in [0.2, 0.25) is 0 Å². The van der Waals surface area contributed by atoms with E-state index in [1.807, 2.05) is 58.0 Å². The van der Waals surface area contributed by atoms with Gasteiger partial charge in [-0.15, -0.1) is 0 Å². The van der Waals surface area contributed by atoms with Crippen LogP contribution in [0.25, 0.3) is 5.57 Å². The molecule has 1 aliphatic rings. The van der Waals surface area contributed by atoms with Crippen LogP contribution in [-0.4, -0.2) is 18.4 Å². The van der Waals surface area contributed by atoms with Crippen molar-refractivity contribution in [2.45, 2.75) is 27.7 Å². The van der Waals surface area contributed by atoms with Crippen LogP contribution in [0.2, 0.25) is 0 Å². The van der Waals surface area contributed by atoms with Gasteiger partial charge in [0.15, 0.2) is 0 Å². The Morgan fingerprint density at radius 1 is 1.14 bits per heavy atom. The summed E-state index contributed by atoms with van der Waals surface area (Å²) >= 11 is 0. The second kappa shape index (κ2) is 7.69. The lowest BCUT2D eigenvalue weighted by Gasteiger charge is -2.19. The van der Waals surface area contributed by atoms with Gasteiger partial charge in [-0.3, -0.25) is 9.59 Å². The van der Waals surface area contributed by atoms with Crippen LogP contribution >= 0.6 is 0 Å². The largest absolute Gasteiger partial charge is 0.321 e. The molecule has 1 heterocycles. The monoisotopic (exact) mass is 373 g/mol. The van der Waals surface area contributed by atoms with Crippen molar-refractivity contribution in [1.82, 2.24) is 0 Å². The Balaban J connectivity index is 2.03. The number of amides is 2. The topological polar surface area (TPSA) is 73.2 Å². The first kappa shape index (κ1) is 19.4. The van der Waals surface area contributed by atoms with Crippen LogP contribution in [0.4, 0.5) is 11.4 Å². The van der Waals surface area contributed by atoms with Crippen molar-refractivity contribution in [1.29, 1.82) is 5.26 Å². The highest BCUT2D eigenvalue weighted by Gasteiger charge is 2.36. The van der Waals surface area contributed by atoms with E-state index in [0.717, 1.165) is 16.8 Å². The highest BCUT2D eigenvalue weighted by molar-refractivity contribution is 6.37. The van der Waals surface area contributed by atoms with Crippen LogP contribution in [0.15, 0.2) is 48.0 Å². The van der Waals surface area contributed by atoms with Gasteiger partial charge >= 0.3 is 0 Å². The number of carbonyl (C=O) groups is 2. The van der Waals surface area contributed by atoms with Gasteiger partial charge < -0.3 is 10.2 Å². The van der Waals surface area contributed by atoms with Crippen molar-refractivity contribution >= 4 is 28.8 Å². The van der Waals surface area contributed by atoms with E-state index in [4.69, 9.17) is 0 Å². The molecule has 0 radical (unpaired) electrons. The van der Waals surface area contributed by atoms with E-state index >= 15 is 0 Å². The fourth-order valence-corrected chi connectivity index (χ4v) is 3.30. The molecule has 0 unspecified atom stereocenters. The predicted octanol–water partition coefficient (Wildman–Crippen LogP) is 4.22. The highest BCUT2D eigenvalue weighted by atomic mass is 16.2. The van der Waals surface area contributed by atoms with Crippen molar-refractivity contribution in [3.8, 4) is 6.07 Å². The molecular weight excluding hydrogens is 350 g/mol. The molecule has 0 bridgehead atoms. The van der Waals surface area contributed by atoms with Gasteiger partial charge in [-0.05, 0) is 49.1 Å². The second-order valence-corrected chi connectivity index (χ2v) is 7.44. The molecule has 1 N–H and O–H groups in total. The number of aryl methyl sites for hydroxylation is 2. The number of carbonyl (C=O) groups excluding carboxylic acids is 2. The maximum Gasteiger partial charge on any atom is 0.267 e. The first-order valence-electron chi connectivity index (χ1n) is 9.27. The van der Waals surface area contributed by atoms with E-state index in [2.05, 4.69) is 5.32 Å². The van der Waals surface area contributed by atoms with Crippen molar-refractivity contribution in [3.63, 3.8) is 0 Å². The zero-order valence-corrected chi connectivity index (χ0v) is 16.5. The second-order valence-electron chi connectivity index (χ2n) is 7.44. The number of benzene rings is 2. The summed E-state index contributed by atoms with van der Waals surface area (Å²) in [6.45, 7) is 8.51. The summed E-state index contributed by atoms with van der Waals surface area (Å²) in [5, 5.41) is 12.5. The average molecular weight is 373 g/mol. The van der Waals surface area contributed by atoms with Crippen LogP contribution in [0.1, 0.15) is 30.5 Å². The van der Waals surface area contributed by atoms with Gasteiger partial charge in [0.25, 0.3) is 11.8 Å². The Morgan fingerprint density at radius 3 is 2.50 bits per heavy atom. The minimum atomic E-state index is -0.574. The zero-order chi connectivity index (χ0) is 20.4. The van der Waals surface area contributed by atoms with E-state index in [0.29, 0.717) is 17.8 Å². The normalized spacial score (nSPS) is 14.7. The minimum absolute atomic E-state index is 0.165. The molecule has 0 aliphatic carbocycles. The van der Waals surface area contributed by atoms with Crippen LogP contribution in [-0.2, 0) is 9.59 Å². The fraction of sp³-hybridized carbons (Fsp3) is 0.261. The van der Waals surface area contributed by atoms with Crippen LogP contribution in [0.3, 0.4) is 0 Å². The molecule has 1 aliphatic heterocycles. The Morgan fingerprint density at radius 2 is 1.86 bits per heavy atom. The number of nitrogens with one attached hydrogen (secondary N) is 1. The number of hydrogen-bond acceptors (Lipinski definition) is 3. The lowest BCUT2D eigenvalue weighted by atomic mass is 10.0. The summed E-state index contributed by atoms with van der Waals surface area (Å²) in [5.41, 5.74) is 4.11. The number of rotatable bonds is 4. The van der Waals surface area contributed by atoms with E-state index in [1.54, 1.807) is 23.1 Å². The molecule has 5 nitrogen and oxygen atoms in total. The molecule has 2 amide bonds. The maximum absolute atomic E-state index is 13.1. The summed E-state index contributed by atoms with van der Waals surface area (Å²) in [6.07, 6.45) is 0. The summed E-state index contributed by atoms with van der Waals surface area (Å²) in [6, 6.07) is 14.8. The van der Waals surface area contributed by atoms with E-state index < -0.39 is 5.91 Å². The maximum atomic E-state index is 13.1. The van der Waals surface area contributed by atoms with Gasteiger partial charge in [-0.2, -0.15) is 5.26 Å². The molecule has 0 aromatic heterocycles. The Hall–Kier alpha value is -3.39. The predicted molar refractivity (Wildman–Crippen MR) is 111 cm³/mol. The lowest BCUT2D eigenvalue weighted by molar-refractivity contribution is -0.114. The average Bonchev–Trinajstić information content (AvgIpc) is 2.91. The molecule has 28 heavy (non-hydrogen) atoms. The Kier molecular flexibility index (Phi) is 5.32. The lowest BCUT2D eigenvalue weighted by Crippen LogP contribution is -2.31. The van der Waals surface area contributed by atoms with Gasteiger partial charge in [0.05, 0.1) is 11.3 Å². The quantitative estimate of drug-likeness (QED) is 0.644. The summed E-state index contributed by atoms with van der Waals surface area (Å²) in [4.78, 5) is 27.6. The van der Waals surface area contributed by atoms with Gasteiger partial charge in [-0.1, -0.05) is 38.1 Å². The van der Waals surface area contributed by atoms with Crippen molar-refractivity contribution < 1.29 is 9.59 Å². The molecule has 2 aromatic carbocycles. The fourth-order valence-electron chi connectivity index (χ4n) is 3.30. The molecule has 3 rings (SSSR count). The van der Waals surface area contributed by atoms with Crippen molar-refractivity contribution in [2.24, 2.45) is 5.92 Å². The standard InChI is InChI=1S/C23H23N3O2/c1-14(2)13-26-20-8-6-5-7-18(20)21(23(26)28)19(12-24)22(27)25-17-10-9-15(3)16(4)11-17/h5-11,14H,13H2,1-4H3,(H,25,27). The molecule has 0 atom stereocenters. The molecule has 0 spiro atoms. The Labute approximate surface area is 165 Å². The number of anilines is 2. The zero-order valence-electron chi connectivity index (χ0n) is 16.5. The van der Waals surface area contributed by atoms with Gasteiger partial charge in [0, 0.05) is 17.8 Å².